The molecular formula is C51H30N4OS. The fraction of sp³-hybridized carbons (Fsp3) is 0. The standard InChI is InChI=1S/C51H30N4OS/c1-3-13-31(14-4-1)49-52-50(32-15-5-2-6-16-32)54-51(53-49)33-25-27-37-38-19-11-20-39(47(38)56-45(37)29-33)40-21-12-22-41-42-30-34(26-28-46(42)57-48(40)41)55-43-23-9-7-17-35(43)36-18-8-10-24-44(36)55/h1-30H. The third-order valence-electron chi connectivity index (χ3n) is 11.1. The lowest BCUT2D eigenvalue weighted by Crippen LogP contribution is -2.00. The first-order valence-corrected chi connectivity index (χ1v) is 19.8. The Morgan fingerprint density at radius 1 is 0.404 bits per heavy atom. The van der Waals surface area contributed by atoms with Crippen molar-refractivity contribution in [3.8, 4) is 51.0 Å². The molecule has 0 fully saturated rings. The Bertz CT molecular complexity index is 3420. The smallest absolute Gasteiger partial charge is 0.164 e. The topological polar surface area (TPSA) is 56.7 Å². The first-order chi connectivity index (χ1) is 28.2. The molecule has 57 heavy (non-hydrogen) atoms. The van der Waals surface area contributed by atoms with Gasteiger partial charge >= 0.3 is 0 Å². The van der Waals surface area contributed by atoms with E-state index in [1.165, 1.54) is 42.0 Å². The second-order valence-electron chi connectivity index (χ2n) is 14.4. The molecule has 0 aliphatic heterocycles. The summed E-state index contributed by atoms with van der Waals surface area (Å²) in [5.41, 5.74) is 10.2. The molecule has 4 heterocycles. The van der Waals surface area contributed by atoms with Gasteiger partial charge in [-0.1, -0.05) is 140 Å². The summed E-state index contributed by atoms with van der Waals surface area (Å²) in [6.07, 6.45) is 0. The number of thiophene rings is 1. The van der Waals surface area contributed by atoms with Gasteiger partial charge < -0.3 is 8.98 Å². The largest absolute Gasteiger partial charge is 0.455 e. The highest BCUT2D eigenvalue weighted by Gasteiger charge is 2.19. The number of para-hydroxylation sites is 3. The van der Waals surface area contributed by atoms with E-state index in [2.05, 4.69) is 126 Å². The van der Waals surface area contributed by atoms with E-state index in [1.54, 1.807) is 0 Å². The molecule has 0 spiro atoms. The molecule has 12 rings (SSSR count). The van der Waals surface area contributed by atoms with E-state index in [1.807, 2.05) is 72.0 Å². The van der Waals surface area contributed by atoms with Gasteiger partial charge in [-0.15, -0.1) is 11.3 Å². The van der Waals surface area contributed by atoms with E-state index in [0.717, 1.165) is 55.4 Å². The SMILES string of the molecule is c1ccc(-c2nc(-c3ccccc3)nc(-c3ccc4c(c3)oc3c(-c5cccc6c5sc5ccc(-n7c8ccccc8c8ccccc87)cc56)cccc34)n2)cc1. The number of nitrogens with zero attached hydrogens (tertiary/aromatic N) is 4. The number of furan rings is 1. The molecule has 5 nitrogen and oxygen atoms in total. The van der Waals surface area contributed by atoms with Crippen LogP contribution in [0.1, 0.15) is 0 Å². The highest BCUT2D eigenvalue weighted by atomic mass is 32.1. The van der Waals surface area contributed by atoms with Crippen molar-refractivity contribution in [3.05, 3.63) is 182 Å². The fourth-order valence-electron chi connectivity index (χ4n) is 8.43. The molecule has 0 saturated carbocycles. The van der Waals surface area contributed by atoms with Gasteiger partial charge in [0.15, 0.2) is 17.5 Å². The summed E-state index contributed by atoms with van der Waals surface area (Å²) < 4.78 is 11.7. The number of hydrogen-bond donors (Lipinski definition) is 0. The van der Waals surface area contributed by atoms with Crippen LogP contribution in [0.5, 0.6) is 0 Å². The van der Waals surface area contributed by atoms with Crippen LogP contribution in [0.2, 0.25) is 0 Å². The van der Waals surface area contributed by atoms with Gasteiger partial charge in [-0.25, -0.2) is 15.0 Å². The van der Waals surface area contributed by atoms with E-state index in [9.17, 15) is 0 Å². The van der Waals surface area contributed by atoms with Gasteiger partial charge in [0.25, 0.3) is 0 Å². The highest BCUT2D eigenvalue weighted by Crippen LogP contribution is 2.45. The predicted octanol–water partition coefficient (Wildman–Crippen LogP) is 13.9. The van der Waals surface area contributed by atoms with E-state index in [0.29, 0.717) is 17.5 Å². The maximum absolute atomic E-state index is 6.83. The van der Waals surface area contributed by atoms with Crippen LogP contribution in [0.4, 0.5) is 0 Å². The van der Waals surface area contributed by atoms with Crippen LogP contribution in [0, 0.1) is 0 Å². The van der Waals surface area contributed by atoms with Crippen molar-refractivity contribution in [2.75, 3.05) is 0 Å². The van der Waals surface area contributed by atoms with Crippen LogP contribution in [-0.4, -0.2) is 19.5 Å². The van der Waals surface area contributed by atoms with Crippen molar-refractivity contribution < 1.29 is 4.42 Å². The van der Waals surface area contributed by atoms with Crippen LogP contribution in [0.15, 0.2) is 186 Å². The molecule has 6 heteroatoms. The molecule has 4 aromatic heterocycles. The molecule has 0 saturated heterocycles. The molecule has 0 atom stereocenters. The molecule has 266 valence electrons. The Hall–Kier alpha value is -7.41. The minimum atomic E-state index is 0.598. The van der Waals surface area contributed by atoms with E-state index >= 15 is 0 Å². The minimum absolute atomic E-state index is 0.598. The third-order valence-corrected chi connectivity index (χ3v) is 12.3. The number of benzene rings is 8. The van der Waals surface area contributed by atoms with Crippen LogP contribution in [0.3, 0.4) is 0 Å². The average molecular weight is 747 g/mol. The number of fused-ring (bicyclic) bond motifs is 9. The Balaban J connectivity index is 0.996. The highest BCUT2D eigenvalue weighted by molar-refractivity contribution is 7.26. The second kappa shape index (κ2) is 12.6. The lowest BCUT2D eigenvalue weighted by atomic mass is 10.00. The first kappa shape index (κ1) is 31.9. The first-order valence-electron chi connectivity index (χ1n) is 19.0. The fourth-order valence-corrected chi connectivity index (χ4v) is 9.64. The van der Waals surface area contributed by atoms with E-state index in [-0.39, 0.29) is 0 Å². The lowest BCUT2D eigenvalue weighted by molar-refractivity contribution is 0.670. The average Bonchev–Trinajstić information content (AvgIpc) is 3.96. The van der Waals surface area contributed by atoms with Crippen molar-refractivity contribution in [3.63, 3.8) is 0 Å². The monoisotopic (exact) mass is 746 g/mol. The van der Waals surface area contributed by atoms with Gasteiger partial charge in [0.1, 0.15) is 11.2 Å². The molecule has 12 aromatic rings. The molecule has 0 bridgehead atoms. The normalized spacial score (nSPS) is 11.9. The minimum Gasteiger partial charge on any atom is -0.455 e. The zero-order valence-electron chi connectivity index (χ0n) is 30.4. The number of rotatable bonds is 5. The molecule has 0 unspecified atom stereocenters. The second-order valence-corrected chi connectivity index (χ2v) is 15.4. The summed E-state index contributed by atoms with van der Waals surface area (Å²) in [5, 5.41) is 7.14. The number of hydrogen-bond acceptors (Lipinski definition) is 5. The van der Waals surface area contributed by atoms with Gasteiger partial charge in [0.05, 0.1) is 11.0 Å². The summed E-state index contributed by atoms with van der Waals surface area (Å²) in [5.74, 6) is 1.86. The van der Waals surface area contributed by atoms with Gasteiger partial charge in [-0.05, 0) is 42.5 Å². The Morgan fingerprint density at radius 3 is 1.67 bits per heavy atom. The lowest BCUT2D eigenvalue weighted by Gasteiger charge is -2.08. The van der Waals surface area contributed by atoms with Crippen LogP contribution < -0.4 is 0 Å². The number of aromatic nitrogens is 4. The molecule has 0 amide bonds. The van der Waals surface area contributed by atoms with Gasteiger partial charge in [0, 0.05) is 75.2 Å². The van der Waals surface area contributed by atoms with Crippen LogP contribution >= 0.6 is 11.3 Å². The van der Waals surface area contributed by atoms with E-state index in [4.69, 9.17) is 19.4 Å². The third kappa shape index (κ3) is 5.04. The maximum atomic E-state index is 6.83. The van der Waals surface area contributed by atoms with Crippen molar-refractivity contribution in [2.45, 2.75) is 0 Å². The summed E-state index contributed by atoms with van der Waals surface area (Å²) in [7, 11) is 0. The van der Waals surface area contributed by atoms with Crippen molar-refractivity contribution in [1.29, 1.82) is 0 Å². The summed E-state index contributed by atoms with van der Waals surface area (Å²) in [4.78, 5) is 14.8. The summed E-state index contributed by atoms with van der Waals surface area (Å²) in [6, 6.07) is 63.8. The predicted molar refractivity (Wildman–Crippen MR) is 236 cm³/mol. The molecule has 0 N–H and O–H groups in total. The van der Waals surface area contributed by atoms with Gasteiger partial charge in [-0.3, -0.25) is 0 Å². The Morgan fingerprint density at radius 2 is 0.982 bits per heavy atom. The Kier molecular flexibility index (Phi) is 7.03. The van der Waals surface area contributed by atoms with Gasteiger partial charge in [-0.2, -0.15) is 0 Å². The zero-order chi connectivity index (χ0) is 37.5. The molecular weight excluding hydrogens is 717 g/mol. The van der Waals surface area contributed by atoms with Gasteiger partial charge in [0.2, 0.25) is 0 Å². The van der Waals surface area contributed by atoms with Crippen LogP contribution in [0.25, 0.3) is 115 Å². The van der Waals surface area contributed by atoms with Crippen LogP contribution in [-0.2, 0) is 0 Å². The molecule has 8 aromatic carbocycles. The Labute approximate surface area is 330 Å². The van der Waals surface area contributed by atoms with Crippen molar-refractivity contribution >= 4 is 75.3 Å². The molecule has 0 aliphatic carbocycles. The summed E-state index contributed by atoms with van der Waals surface area (Å²) >= 11 is 1.84. The quantitative estimate of drug-likeness (QED) is 0.176. The van der Waals surface area contributed by atoms with Crippen molar-refractivity contribution in [1.82, 2.24) is 19.5 Å². The van der Waals surface area contributed by atoms with E-state index < -0.39 is 0 Å². The van der Waals surface area contributed by atoms with Crippen molar-refractivity contribution in [2.24, 2.45) is 0 Å². The molecule has 0 aliphatic rings. The molecule has 0 radical (unpaired) electrons. The summed E-state index contributed by atoms with van der Waals surface area (Å²) in [6.45, 7) is 0. The zero-order valence-corrected chi connectivity index (χ0v) is 31.2. The maximum Gasteiger partial charge on any atom is 0.164 e.